The molecule has 0 aromatic heterocycles. The Morgan fingerprint density at radius 2 is 1.81 bits per heavy atom. The summed E-state index contributed by atoms with van der Waals surface area (Å²) in [6, 6.07) is 4.61. The molecule has 26 heavy (non-hydrogen) atoms. The maximum Gasteiger partial charge on any atom is 0.341 e. The van der Waals surface area contributed by atoms with Gasteiger partial charge < -0.3 is 15.4 Å². The van der Waals surface area contributed by atoms with Crippen LogP contribution in [0.25, 0.3) is 0 Å². The SMILES string of the molecule is Cl.NCCCOC1CCN(C(=O)c2ccc(S(=O)(=O)C(F)F)cc2)CC1. The van der Waals surface area contributed by atoms with Crippen LogP contribution in [-0.2, 0) is 14.6 Å². The van der Waals surface area contributed by atoms with Gasteiger partial charge in [-0.3, -0.25) is 4.79 Å². The Balaban J connectivity index is 0.00000338. The highest BCUT2D eigenvalue weighted by molar-refractivity contribution is 7.91. The summed E-state index contributed by atoms with van der Waals surface area (Å²) in [6.45, 7) is 2.25. The van der Waals surface area contributed by atoms with E-state index in [2.05, 4.69) is 0 Å². The number of benzene rings is 1. The summed E-state index contributed by atoms with van der Waals surface area (Å²) in [5.41, 5.74) is 5.69. The van der Waals surface area contributed by atoms with E-state index in [4.69, 9.17) is 10.5 Å². The fourth-order valence-electron chi connectivity index (χ4n) is 2.63. The fourth-order valence-corrected chi connectivity index (χ4v) is 3.35. The number of hydrogen-bond acceptors (Lipinski definition) is 5. The molecule has 2 rings (SSSR count). The van der Waals surface area contributed by atoms with Crippen LogP contribution in [0.5, 0.6) is 0 Å². The van der Waals surface area contributed by atoms with Gasteiger partial charge in [-0.25, -0.2) is 8.42 Å². The van der Waals surface area contributed by atoms with E-state index in [1.54, 1.807) is 4.90 Å². The molecule has 1 amide bonds. The molecular formula is C16H23ClF2N2O4S. The third-order valence-corrected chi connectivity index (χ3v) is 5.49. The highest BCUT2D eigenvalue weighted by Crippen LogP contribution is 2.21. The predicted octanol–water partition coefficient (Wildman–Crippen LogP) is 2.07. The van der Waals surface area contributed by atoms with Crippen molar-refractivity contribution >= 4 is 28.2 Å². The van der Waals surface area contributed by atoms with Crippen molar-refractivity contribution in [2.75, 3.05) is 26.2 Å². The number of piperidine rings is 1. The Kier molecular flexibility index (Phi) is 8.88. The van der Waals surface area contributed by atoms with E-state index >= 15 is 0 Å². The average molecular weight is 413 g/mol. The van der Waals surface area contributed by atoms with Crippen molar-refractivity contribution in [2.24, 2.45) is 5.73 Å². The molecule has 1 aromatic carbocycles. The van der Waals surface area contributed by atoms with E-state index in [-0.39, 0.29) is 30.0 Å². The minimum atomic E-state index is -4.65. The maximum atomic E-state index is 12.5. The molecule has 1 fully saturated rings. The zero-order chi connectivity index (χ0) is 18.4. The fraction of sp³-hybridized carbons (Fsp3) is 0.562. The molecule has 10 heteroatoms. The smallest absolute Gasteiger partial charge is 0.341 e. The van der Waals surface area contributed by atoms with Gasteiger partial charge in [-0.15, -0.1) is 12.4 Å². The second-order valence-electron chi connectivity index (χ2n) is 5.83. The number of nitrogens with two attached hydrogens (primary N) is 1. The number of hydrogen-bond donors (Lipinski definition) is 1. The largest absolute Gasteiger partial charge is 0.378 e. The zero-order valence-electron chi connectivity index (χ0n) is 14.1. The normalized spacial score (nSPS) is 15.8. The first kappa shape index (κ1) is 22.8. The minimum Gasteiger partial charge on any atom is -0.378 e. The Morgan fingerprint density at radius 1 is 1.23 bits per heavy atom. The number of nitrogens with zero attached hydrogens (tertiary/aromatic N) is 1. The lowest BCUT2D eigenvalue weighted by Gasteiger charge is -2.32. The molecule has 1 aliphatic rings. The first-order valence-corrected chi connectivity index (χ1v) is 9.64. The predicted molar refractivity (Wildman–Crippen MR) is 95.4 cm³/mol. The van der Waals surface area contributed by atoms with Gasteiger partial charge in [0.25, 0.3) is 5.91 Å². The molecule has 2 N–H and O–H groups in total. The van der Waals surface area contributed by atoms with E-state index in [1.807, 2.05) is 0 Å². The molecule has 0 saturated carbocycles. The van der Waals surface area contributed by atoms with Crippen LogP contribution in [0.1, 0.15) is 29.6 Å². The molecule has 0 bridgehead atoms. The summed E-state index contributed by atoms with van der Waals surface area (Å²) in [5, 5.41) is 0. The van der Waals surface area contributed by atoms with Crippen molar-refractivity contribution in [2.45, 2.75) is 36.0 Å². The van der Waals surface area contributed by atoms with Crippen molar-refractivity contribution in [3.05, 3.63) is 29.8 Å². The van der Waals surface area contributed by atoms with Crippen LogP contribution in [0.3, 0.4) is 0 Å². The summed E-state index contributed by atoms with van der Waals surface area (Å²) in [6.07, 6.45) is 2.34. The third-order valence-electron chi connectivity index (χ3n) is 4.10. The van der Waals surface area contributed by atoms with E-state index < -0.39 is 20.5 Å². The summed E-state index contributed by atoms with van der Waals surface area (Å²) < 4.78 is 53.5. The number of alkyl halides is 2. The zero-order valence-corrected chi connectivity index (χ0v) is 15.8. The summed E-state index contributed by atoms with van der Waals surface area (Å²) in [4.78, 5) is 13.6. The number of carbonyl (C=O) groups is 1. The lowest BCUT2D eigenvalue weighted by molar-refractivity contribution is 0.00844. The molecule has 6 nitrogen and oxygen atoms in total. The van der Waals surface area contributed by atoms with Crippen LogP contribution >= 0.6 is 12.4 Å². The van der Waals surface area contributed by atoms with Gasteiger partial charge in [-0.05, 0) is 50.1 Å². The molecule has 1 aromatic rings. The van der Waals surface area contributed by atoms with Gasteiger partial charge in [0.15, 0.2) is 0 Å². The summed E-state index contributed by atoms with van der Waals surface area (Å²) in [7, 11) is -4.65. The molecule has 0 atom stereocenters. The lowest BCUT2D eigenvalue weighted by Crippen LogP contribution is -2.41. The lowest BCUT2D eigenvalue weighted by atomic mass is 10.1. The monoisotopic (exact) mass is 412 g/mol. The van der Waals surface area contributed by atoms with Gasteiger partial charge in [0.2, 0.25) is 9.84 Å². The van der Waals surface area contributed by atoms with Crippen LogP contribution < -0.4 is 5.73 Å². The molecule has 0 radical (unpaired) electrons. The highest BCUT2D eigenvalue weighted by atomic mass is 35.5. The molecule has 1 heterocycles. The second kappa shape index (κ2) is 10.1. The van der Waals surface area contributed by atoms with Gasteiger partial charge in [-0.1, -0.05) is 0 Å². The number of carbonyl (C=O) groups excluding carboxylic acids is 1. The van der Waals surface area contributed by atoms with Gasteiger partial charge in [-0.2, -0.15) is 8.78 Å². The Hall–Kier alpha value is -1.29. The second-order valence-corrected chi connectivity index (χ2v) is 7.75. The molecule has 0 spiro atoms. The quantitative estimate of drug-likeness (QED) is 0.692. The number of rotatable bonds is 7. The van der Waals surface area contributed by atoms with Crippen molar-refractivity contribution in [1.29, 1.82) is 0 Å². The van der Waals surface area contributed by atoms with Crippen LogP contribution in [0.4, 0.5) is 8.78 Å². The van der Waals surface area contributed by atoms with Crippen molar-refractivity contribution in [1.82, 2.24) is 4.90 Å². The average Bonchev–Trinajstić information content (AvgIpc) is 2.62. The number of ether oxygens (including phenoxy) is 1. The topological polar surface area (TPSA) is 89.7 Å². The number of sulfone groups is 1. The van der Waals surface area contributed by atoms with Crippen molar-refractivity contribution in [3.8, 4) is 0 Å². The third kappa shape index (κ3) is 5.60. The number of halogens is 3. The molecular weight excluding hydrogens is 390 g/mol. The first-order valence-electron chi connectivity index (χ1n) is 8.09. The van der Waals surface area contributed by atoms with Crippen molar-refractivity contribution in [3.63, 3.8) is 0 Å². The van der Waals surface area contributed by atoms with E-state index in [9.17, 15) is 22.0 Å². The van der Waals surface area contributed by atoms with Gasteiger partial charge in [0.1, 0.15) is 0 Å². The Labute approximate surface area is 158 Å². The van der Waals surface area contributed by atoms with Crippen LogP contribution in [0.15, 0.2) is 29.2 Å². The summed E-state index contributed by atoms with van der Waals surface area (Å²) in [5.74, 6) is -3.73. The molecule has 148 valence electrons. The minimum absolute atomic E-state index is 0. The molecule has 0 aliphatic carbocycles. The van der Waals surface area contributed by atoms with E-state index in [0.717, 1.165) is 18.6 Å². The van der Waals surface area contributed by atoms with Crippen LogP contribution in [0, 0.1) is 0 Å². The molecule has 1 saturated heterocycles. The van der Waals surface area contributed by atoms with E-state index in [0.29, 0.717) is 39.1 Å². The Morgan fingerprint density at radius 3 is 2.31 bits per heavy atom. The van der Waals surface area contributed by atoms with E-state index in [1.165, 1.54) is 12.1 Å². The summed E-state index contributed by atoms with van der Waals surface area (Å²) >= 11 is 0. The first-order chi connectivity index (χ1) is 11.9. The van der Waals surface area contributed by atoms with Crippen LogP contribution in [0.2, 0.25) is 0 Å². The van der Waals surface area contributed by atoms with Gasteiger partial charge in [0.05, 0.1) is 11.0 Å². The molecule has 0 unspecified atom stereocenters. The number of likely N-dealkylation sites (tertiary alicyclic amines) is 1. The highest BCUT2D eigenvalue weighted by Gasteiger charge is 2.28. The van der Waals surface area contributed by atoms with Gasteiger partial charge in [0, 0.05) is 25.3 Å². The molecule has 1 aliphatic heterocycles. The Bertz CT molecular complexity index is 678. The standard InChI is InChI=1S/C16H22F2N2O4S.ClH/c17-16(18)25(22,23)14-4-2-12(3-5-14)15(21)20-9-6-13(7-10-20)24-11-1-8-19;/h2-5,13,16H,1,6-11,19H2;1H. The van der Waals surface area contributed by atoms with Crippen LogP contribution in [-0.4, -0.2) is 57.3 Å². The van der Waals surface area contributed by atoms with Gasteiger partial charge >= 0.3 is 5.76 Å². The number of amides is 1. The maximum absolute atomic E-state index is 12.5. The van der Waals surface area contributed by atoms with Crippen molar-refractivity contribution < 1.29 is 26.7 Å².